The quantitative estimate of drug-likeness (QED) is 0.864. The molecule has 1 aromatic carbocycles. The van der Waals surface area contributed by atoms with E-state index in [1.165, 1.54) is 0 Å². The van der Waals surface area contributed by atoms with Gasteiger partial charge < -0.3 is 10.1 Å². The van der Waals surface area contributed by atoms with Crippen LogP contribution in [0.2, 0.25) is 0 Å². The van der Waals surface area contributed by atoms with E-state index in [1.54, 1.807) is 7.11 Å². The number of nitrogens with one attached hydrogen (secondary N) is 1. The Morgan fingerprint density at radius 1 is 1.41 bits per heavy atom. The Balaban J connectivity index is 2.28. The van der Waals surface area contributed by atoms with Crippen molar-refractivity contribution in [1.82, 2.24) is 0 Å². The predicted molar refractivity (Wildman–Crippen MR) is 68.0 cm³/mol. The van der Waals surface area contributed by atoms with Gasteiger partial charge >= 0.3 is 0 Å². The van der Waals surface area contributed by atoms with E-state index in [1.807, 2.05) is 31.2 Å². The summed E-state index contributed by atoms with van der Waals surface area (Å²) >= 11 is 0. The molecule has 3 heteroatoms. The second kappa shape index (κ2) is 3.96. The Morgan fingerprint density at radius 2 is 2.06 bits per heavy atom. The number of hydrogen-bond donors (Lipinski definition) is 1. The second-order valence-corrected chi connectivity index (χ2v) is 5.12. The third-order valence-corrected chi connectivity index (χ3v) is 3.92. The van der Waals surface area contributed by atoms with Crippen LogP contribution < -0.4 is 10.1 Å². The molecule has 1 atom stereocenters. The fourth-order valence-electron chi connectivity index (χ4n) is 2.02. The van der Waals surface area contributed by atoms with Crippen LogP contribution in [0.5, 0.6) is 5.75 Å². The maximum Gasteiger partial charge on any atom is 0.141 e. The van der Waals surface area contributed by atoms with E-state index in [4.69, 9.17) is 4.74 Å². The molecule has 1 aliphatic rings. The van der Waals surface area contributed by atoms with Crippen molar-refractivity contribution in [2.75, 3.05) is 12.4 Å². The normalized spacial score (nSPS) is 19.9. The number of nitriles is 1. The smallest absolute Gasteiger partial charge is 0.141 e. The van der Waals surface area contributed by atoms with E-state index in [-0.39, 0.29) is 5.41 Å². The highest BCUT2D eigenvalue weighted by atomic mass is 16.5. The lowest BCUT2D eigenvalue weighted by Crippen LogP contribution is -2.41. The fraction of sp³-hybridized carbons (Fsp3) is 0.500. The Labute approximate surface area is 102 Å². The van der Waals surface area contributed by atoms with Gasteiger partial charge in [-0.05, 0) is 31.9 Å². The van der Waals surface area contributed by atoms with E-state index in [0.29, 0.717) is 0 Å². The lowest BCUT2D eigenvalue weighted by atomic mass is 9.85. The van der Waals surface area contributed by atoms with Gasteiger partial charge in [-0.1, -0.05) is 19.1 Å². The molecule has 2 rings (SSSR count). The molecule has 0 aromatic heterocycles. The van der Waals surface area contributed by atoms with Crippen LogP contribution in [0.4, 0.5) is 5.69 Å². The number of ether oxygens (including phenoxy) is 1. The molecule has 0 radical (unpaired) electrons. The van der Waals surface area contributed by atoms with Crippen LogP contribution in [-0.4, -0.2) is 12.6 Å². The van der Waals surface area contributed by atoms with Crippen LogP contribution in [0.15, 0.2) is 24.3 Å². The van der Waals surface area contributed by atoms with Gasteiger partial charge in [0.05, 0.1) is 18.9 Å². The lowest BCUT2D eigenvalue weighted by molar-refractivity contribution is 0.394. The topological polar surface area (TPSA) is 45.0 Å². The first-order chi connectivity index (χ1) is 8.04. The number of nitrogens with zero attached hydrogens (tertiary/aromatic N) is 1. The zero-order chi connectivity index (χ0) is 12.5. The molecule has 1 N–H and O–H groups in total. The highest BCUT2D eigenvalue weighted by Gasteiger charge is 2.54. The molecular formula is C14H18N2O. The molecule has 1 aromatic rings. The Bertz CT molecular complexity index is 460. The Hall–Kier alpha value is -1.69. The first-order valence-corrected chi connectivity index (χ1v) is 5.87. The molecule has 17 heavy (non-hydrogen) atoms. The Morgan fingerprint density at radius 3 is 2.59 bits per heavy atom. The van der Waals surface area contributed by atoms with Crippen molar-refractivity contribution in [3.63, 3.8) is 0 Å². The lowest BCUT2D eigenvalue weighted by Gasteiger charge is -2.31. The van der Waals surface area contributed by atoms with Gasteiger partial charge in [0.15, 0.2) is 0 Å². The first-order valence-electron chi connectivity index (χ1n) is 5.87. The summed E-state index contributed by atoms with van der Waals surface area (Å²) in [6, 6.07) is 10.1. The number of rotatable bonds is 4. The summed E-state index contributed by atoms with van der Waals surface area (Å²) in [6.07, 6.45) is 2.19. The minimum Gasteiger partial charge on any atom is -0.495 e. The van der Waals surface area contributed by atoms with E-state index < -0.39 is 5.54 Å². The van der Waals surface area contributed by atoms with Gasteiger partial charge in [-0.15, -0.1) is 0 Å². The molecule has 1 saturated carbocycles. The molecule has 3 nitrogen and oxygen atoms in total. The van der Waals surface area contributed by atoms with Crippen molar-refractivity contribution in [2.24, 2.45) is 5.41 Å². The highest BCUT2D eigenvalue weighted by molar-refractivity contribution is 5.59. The van der Waals surface area contributed by atoms with Crippen LogP contribution in [0.25, 0.3) is 0 Å². The molecule has 0 heterocycles. The molecular weight excluding hydrogens is 212 g/mol. The SMILES string of the molecule is COc1ccccc1NC(C)(C#N)C1(C)CC1. The zero-order valence-electron chi connectivity index (χ0n) is 10.6. The van der Waals surface area contributed by atoms with Gasteiger partial charge in [-0.2, -0.15) is 5.26 Å². The first kappa shape index (κ1) is 11.8. The van der Waals surface area contributed by atoms with Crippen molar-refractivity contribution in [3.05, 3.63) is 24.3 Å². The minimum absolute atomic E-state index is 0.0720. The second-order valence-electron chi connectivity index (χ2n) is 5.12. The molecule has 1 aliphatic carbocycles. The van der Waals surface area contributed by atoms with Gasteiger partial charge in [-0.3, -0.25) is 0 Å². The van der Waals surface area contributed by atoms with Crippen molar-refractivity contribution < 1.29 is 4.74 Å². The van der Waals surface area contributed by atoms with Gasteiger partial charge in [0.2, 0.25) is 0 Å². The largest absolute Gasteiger partial charge is 0.495 e. The zero-order valence-corrected chi connectivity index (χ0v) is 10.6. The van der Waals surface area contributed by atoms with Gasteiger partial charge in [0.25, 0.3) is 0 Å². The van der Waals surface area contributed by atoms with E-state index in [0.717, 1.165) is 24.3 Å². The summed E-state index contributed by atoms with van der Waals surface area (Å²) in [5.41, 5.74) is 0.414. The Kier molecular flexibility index (Phi) is 2.74. The van der Waals surface area contributed by atoms with E-state index in [9.17, 15) is 5.26 Å². The fourth-order valence-corrected chi connectivity index (χ4v) is 2.02. The van der Waals surface area contributed by atoms with Gasteiger partial charge in [-0.25, -0.2) is 0 Å². The monoisotopic (exact) mass is 230 g/mol. The molecule has 0 bridgehead atoms. The van der Waals surface area contributed by atoms with Crippen LogP contribution in [-0.2, 0) is 0 Å². The third-order valence-electron chi connectivity index (χ3n) is 3.92. The average Bonchev–Trinajstić information content (AvgIpc) is 3.09. The van der Waals surface area contributed by atoms with Gasteiger partial charge in [0, 0.05) is 5.41 Å². The highest BCUT2D eigenvalue weighted by Crippen LogP contribution is 2.54. The number of hydrogen-bond acceptors (Lipinski definition) is 3. The molecule has 90 valence electrons. The third kappa shape index (κ3) is 1.95. The summed E-state index contributed by atoms with van der Waals surface area (Å²) in [7, 11) is 1.64. The summed E-state index contributed by atoms with van der Waals surface area (Å²) in [5.74, 6) is 0.776. The summed E-state index contributed by atoms with van der Waals surface area (Å²) in [4.78, 5) is 0. The van der Waals surface area contributed by atoms with Crippen LogP contribution in [0, 0.1) is 16.7 Å². The summed E-state index contributed by atoms with van der Waals surface area (Å²) in [5, 5.41) is 12.8. The maximum absolute atomic E-state index is 9.43. The minimum atomic E-state index is -0.540. The van der Waals surface area contributed by atoms with Crippen LogP contribution in [0.3, 0.4) is 0 Å². The van der Waals surface area contributed by atoms with Crippen molar-refractivity contribution in [1.29, 1.82) is 5.26 Å². The van der Waals surface area contributed by atoms with Crippen molar-refractivity contribution >= 4 is 5.69 Å². The van der Waals surface area contributed by atoms with Crippen LogP contribution >= 0.6 is 0 Å². The van der Waals surface area contributed by atoms with Crippen molar-refractivity contribution in [3.8, 4) is 11.8 Å². The van der Waals surface area contributed by atoms with E-state index in [2.05, 4.69) is 18.3 Å². The standard InChI is InChI=1S/C14H18N2O/c1-13(8-9-13)14(2,10-15)16-11-6-4-5-7-12(11)17-3/h4-7,16H,8-9H2,1-3H3. The summed E-state index contributed by atoms with van der Waals surface area (Å²) in [6.45, 7) is 4.12. The molecule has 0 amide bonds. The number of anilines is 1. The van der Waals surface area contributed by atoms with Crippen LogP contribution in [0.1, 0.15) is 26.7 Å². The molecule has 0 saturated heterocycles. The number of para-hydroxylation sites is 2. The molecule has 1 unspecified atom stereocenters. The van der Waals surface area contributed by atoms with Crippen molar-refractivity contribution in [2.45, 2.75) is 32.2 Å². The summed E-state index contributed by atoms with van der Waals surface area (Å²) < 4.78 is 5.30. The average molecular weight is 230 g/mol. The number of methoxy groups -OCH3 is 1. The molecule has 1 fully saturated rings. The molecule has 0 spiro atoms. The molecule has 0 aliphatic heterocycles. The predicted octanol–water partition coefficient (Wildman–Crippen LogP) is 3.19. The number of benzene rings is 1. The van der Waals surface area contributed by atoms with Gasteiger partial charge in [0.1, 0.15) is 11.3 Å². The van der Waals surface area contributed by atoms with E-state index >= 15 is 0 Å². The maximum atomic E-state index is 9.43.